The second-order valence-electron chi connectivity index (χ2n) is 4.57. The largest absolute Gasteiger partial charge is 0.502 e. The number of benzene rings is 2. The van der Waals surface area contributed by atoms with Crippen LogP contribution in [0.5, 0.6) is 5.75 Å². The van der Waals surface area contributed by atoms with Crippen LogP contribution in [0.25, 0.3) is 22.3 Å². The van der Waals surface area contributed by atoms with Crippen LogP contribution in [0, 0.1) is 6.92 Å². The van der Waals surface area contributed by atoms with Gasteiger partial charge in [0.1, 0.15) is 5.58 Å². The van der Waals surface area contributed by atoms with Crippen molar-refractivity contribution in [2.24, 2.45) is 0 Å². The van der Waals surface area contributed by atoms with Crippen LogP contribution in [0.3, 0.4) is 0 Å². The van der Waals surface area contributed by atoms with E-state index in [0.29, 0.717) is 16.2 Å². The van der Waals surface area contributed by atoms with Crippen molar-refractivity contribution >= 4 is 22.6 Å². The maximum Gasteiger partial charge on any atom is 0.235 e. The molecule has 1 N–H and O–H groups in total. The fraction of sp³-hybridized carbons (Fsp3) is 0.0625. The summed E-state index contributed by atoms with van der Waals surface area (Å²) in [5.41, 5.74) is 1.39. The summed E-state index contributed by atoms with van der Waals surface area (Å²) < 4.78 is 5.69. The van der Waals surface area contributed by atoms with Gasteiger partial charge in [0.2, 0.25) is 11.2 Å². The van der Waals surface area contributed by atoms with Crippen molar-refractivity contribution in [1.82, 2.24) is 0 Å². The van der Waals surface area contributed by atoms with E-state index in [1.807, 2.05) is 25.1 Å². The van der Waals surface area contributed by atoms with Crippen LogP contribution in [0.2, 0.25) is 5.02 Å². The van der Waals surface area contributed by atoms with Crippen molar-refractivity contribution in [3.8, 4) is 17.1 Å². The monoisotopic (exact) mass is 286 g/mol. The molecule has 1 aromatic heterocycles. The fourth-order valence-electron chi connectivity index (χ4n) is 2.09. The topological polar surface area (TPSA) is 50.4 Å². The van der Waals surface area contributed by atoms with E-state index in [-0.39, 0.29) is 11.1 Å². The Labute approximate surface area is 120 Å². The molecule has 0 aliphatic carbocycles. The number of hydrogen-bond donors (Lipinski definition) is 1. The third-order valence-electron chi connectivity index (χ3n) is 3.18. The third kappa shape index (κ3) is 1.96. The summed E-state index contributed by atoms with van der Waals surface area (Å²) in [5, 5.41) is 10.8. The number of aryl methyl sites for hydroxylation is 1. The first-order valence-electron chi connectivity index (χ1n) is 6.09. The summed E-state index contributed by atoms with van der Waals surface area (Å²) in [6.07, 6.45) is 0. The molecule has 0 radical (unpaired) electrons. The Morgan fingerprint density at radius 1 is 1.15 bits per heavy atom. The molecule has 3 aromatic rings. The van der Waals surface area contributed by atoms with Gasteiger partial charge in [-0.3, -0.25) is 4.79 Å². The number of halogens is 1. The Kier molecular flexibility index (Phi) is 2.99. The molecule has 0 aliphatic rings. The molecule has 0 aliphatic heterocycles. The highest BCUT2D eigenvalue weighted by Crippen LogP contribution is 2.31. The molecule has 0 amide bonds. The van der Waals surface area contributed by atoms with Gasteiger partial charge in [0.05, 0.1) is 5.39 Å². The molecule has 0 saturated heterocycles. The standard InChI is InChI=1S/C16H11ClO3/c1-9-7-13-11(8-12(9)17)14(18)15(19)16(20-13)10-5-3-2-4-6-10/h2-8,19H,1H3. The minimum Gasteiger partial charge on any atom is -0.502 e. The number of hydrogen-bond acceptors (Lipinski definition) is 3. The number of rotatable bonds is 1. The minimum absolute atomic E-state index is 0.171. The highest BCUT2D eigenvalue weighted by atomic mass is 35.5. The molecular formula is C16H11ClO3. The average molecular weight is 287 g/mol. The predicted octanol–water partition coefficient (Wildman–Crippen LogP) is 4.13. The van der Waals surface area contributed by atoms with Gasteiger partial charge in [0, 0.05) is 10.6 Å². The van der Waals surface area contributed by atoms with E-state index in [4.69, 9.17) is 16.0 Å². The van der Waals surface area contributed by atoms with Gasteiger partial charge in [-0.25, -0.2) is 0 Å². The van der Waals surface area contributed by atoms with Gasteiger partial charge in [0.25, 0.3) is 0 Å². The van der Waals surface area contributed by atoms with Crippen LogP contribution in [0.15, 0.2) is 51.7 Å². The molecule has 0 spiro atoms. The van der Waals surface area contributed by atoms with E-state index in [9.17, 15) is 9.90 Å². The Morgan fingerprint density at radius 2 is 1.85 bits per heavy atom. The Hall–Kier alpha value is -2.26. The first kappa shape index (κ1) is 12.8. The van der Waals surface area contributed by atoms with Crippen LogP contribution in [0.4, 0.5) is 0 Å². The summed E-state index contributed by atoms with van der Waals surface area (Å²) in [4.78, 5) is 12.2. The smallest absolute Gasteiger partial charge is 0.235 e. The van der Waals surface area contributed by atoms with Crippen molar-refractivity contribution in [2.75, 3.05) is 0 Å². The van der Waals surface area contributed by atoms with Gasteiger partial charge in [0.15, 0.2) is 5.76 Å². The van der Waals surface area contributed by atoms with Crippen molar-refractivity contribution in [3.05, 3.63) is 63.3 Å². The zero-order chi connectivity index (χ0) is 14.3. The quantitative estimate of drug-likeness (QED) is 0.732. The van der Waals surface area contributed by atoms with Gasteiger partial charge in [-0.05, 0) is 24.6 Å². The van der Waals surface area contributed by atoms with Crippen LogP contribution >= 0.6 is 11.6 Å². The molecule has 2 aromatic carbocycles. The van der Waals surface area contributed by atoms with Gasteiger partial charge in [-0.1, -0.05) is 41.9 Å². The number of fused-ring (bicyclic) bond motifs is 1. The second-order valence-corrected chi connectivity index (χ2v) is 4.98. The summed E-state index contributed by atoms with van der Waals surface area (Å²) in [7, 11) is 0. The lowest BCUT2D eigenvalue weighted by Crippen LogP contribution is -2.03. The summed E-state index contributed by atoms with van der Waals surface area (Å²) >= 11 is 6.01. The molecule has 0 fully saturated rings. The molecule has 3 nitrogen and oxygen atoms in total. The van der Waals surface area contributed by atoms with Crippen LogP contribution in [-0.2, 0) is 0 Å². The maximum atomic E-state index is 12.2. The van der Waals surface area contributed by atoms with E-state index < -0.39 is 11.2 Å². The average Bonchev–Trinajstić information content (AvgIpc) is 2.46. The van der Waals surface area contributed by atoms with Gasteiger partial charge >= 0.3 is 0 Å². The molecule has 20 heavy (non-hydrogen) atoms. The lowest BCUT2D eigenvalue weighted by Gasteiger charge is -2.07. The zero-order valence-electron chi connectivity index (χ0n) is 10.7. The first-order valence-corrected chi connectivity index (χ1v) is 6.47. The summed E-state index contributed by atoms with van der Waals surface area (Å²) in [5.74, 6) is -0.228. The highest BCUT2D eigenvalue weighted by molar-refractivity contribution is 6.32. The van der Waals surface area contributed by atoms with Crippen LogP contribution in [0.1, 0.15) is 5.56 Å². The molecule has 0 saturated carbocycles. The molecule has 1 heterocycles. The van der Waals surface area contributed by atoms with Gasteiger partial charge in [-0.2, -0.15) is 0 Å². The molecule has 0 unspecified atom stereocenters. The second kappa shape index (κ2) is 4.69. The lowest BCUT2D eigenvalue weighted by molar-refractivity contribution is 0.449. The van der Waals surface area contributed by atoms with Gasteiger partial charge in [-0.15, -0.1) is 0 Å². The number of aromatic hydroxyl groups is 1. The predicted molar refractivity (Wildman–Crippen MR) is 79.3 cm³/mol. The molecule has 0 bridgehead atoms. The Bertz CT molecular complexity index is 851. The molecule has 4 heteroatoms. The van der Waals surface area contributed by atoms with Crippen molar-refractivity contribution in [1.29, 1.82) is 0 Å². The fourth-order valence-corrected chi connectivity index (χ4v) is 2.25. The molecular weight excluding hydrogens is 276 g/mol. The Morgan fingerprint density at radius 3 is 2.55 bits per heavy atom. The Balaban J connectivity index is 2.39. The first-order chi connectivity index (χ1) is 9.58. The zero-order valence-corrected chi connectivity index (χ0v) is 11.4. The van der Waals surface area contributed by atoms with Crippen molar-refractivity contribution in [2.45, 2.75) is 6.92 Å². The van der Waals surface area contributed by atoms with E-state index in [1.54, 1.807) is 18.2 Å². The van der Waals surface area contributed by atoms with Crippen LogP contribution < -0.4 is 5.43 Å². The minimum atomic E-state index is -0.480. The maximum absolute atomic E-state index is 12.2. The summed E-state index contributed by atoms with van der Waals surface area (Å²) in [6.45, 7) is 1.83. The molecule has 3 rings (SSSR count). The highest BCUT2D eigenvalue weighted by Gasteiger charge is 2.15. The van der Waals surface area contributed by atoms with E-state index in [2.05, 4.69) is 0 Å². The van der Waals surface area contributed by atoms with Crippen molar-refractivity contribution < 1.29 is 9.52 Å². The van der Waals surface area contributed by atoms with Crippen LogP contribution in [-0.4, -0.2) is 5.11 Å². The lowest BCUT2D eigenvalue weighted by atomic mass is 10.1. The SMILES string of the molecule is Cc1cc2oc(-c3ccccc3)c(O)c(=O)c2cc1Cl. The normalized spacial score (nSPS) is 10.9. The molecule has 0 atom stereocenters. The van der Waals surface area contributed by atoms with Crippen molar-refractivity contribution in [3.63, 3.8) is 0 Å². The third-order valence-corrected chi connectivity index (χ3v) is 3.59. The van der Waals surface area contributed by atoms with E-state index in [0.717, 1.165) is 5.56 Å². The van der Waals surface area contributed by atoms with Gasteiger partial charge < -0.3 is 9.52 Å². The molecule has 100 valence electrons. The summed E-state index contributed by atoms with van der Waals surface area (Å²) in [6, 6.07) is 12.2. The van der Waals surface area contributed by atoms with E-state index >= 15 is 0 Å². The van der Waals surface area contributed by atoms with E-state index in [1.165, 1.54) is 6.07 Å².